The molecule has 0 bridgehead atoms. The standard InChI is InChI=1S/C17H15F3N6O.CH3I/c1-9-21-16(26-25-9)24-15-13-12(7-4-8-27-13)22-14(23-15)10-5-2-3-6-11(10)17(18,19)20;1-2/h2-3,5-6H,4,7-8H2,1H3,(H2,21,22,23,24,25,26);1H3. The zero-order valence-electron chi connectivity index (χ0n) is 15.6. The Balaban J connectivity index is 0.00000117. The van der Waals surface area contributed by atoms with Crippen LogP contribution < -0.4 is 10.1 Å². The lowest BCUT2D eigenvalue weighted by Gasteiger charge is -2.20. The zero-order valence-corrected chi connectivity index (χ0v) is 17.8. The van der Waals surface area contributed by atoms with Crippen LogP contribution in [-0.4, -0.2) is 36.7 Å². The molecule has 1 aliphatic rings. The molecular weight excluding hydrogens is 500 g/mol. The van der Waals surface area contributed by atoms with Gasteiger partial charge in [0.25, 0.3) is 0 Å². The second kappa shape index (κ2) is 8.93. The summed E-state index contributed by atoms with van der Waals surface area (Å²) in [6.07, 6.45) is -3.20. The van der Waals surface area contributed by atoms with E-state index >= 15 is 0 Å². The van der Waals surface area contributed by atoms with Crippen molar-refractivity contribution in [2.45, 2.75) is 25.9 Å². The van der Waals surface area contributed by atoms with Crippen LogP contribution in [0.1, 0.15) is 23.5 Å². The van der Waals surface area contributed by atoms with Gasteiger partial charge >= 0.3 is 6.18 Å². The number of alkyl halides is 4. The number of nitrogens with one attached hydrogen (secondary N) is 2. The molecule has 2 aromatic heterocycles. The molecule has 154 valence electrons. The Labute approximate surface area is 178 Å². The van der Waals surface area contributed by atoms with E-state index in [1.165, 1.54) is 18.2 Å². The number of H-pyrrole nitrogens is 1. The van der Waals surface area contributed by atoms with Gasteiger partial charge in [-0.25, -0.2) is 9.97 Å². The number of aryl methyl sites for hydroxylation is 2. The van der Waals surface area contributed by atoms with Crippen molar-refractivity contribution in [2.75, 3.05) is 16.9 Å². The van der Waals surface area contributed by atoms with Crippen molar-refractivity contribution in [3.63, 3.8) is 0 Å². The average Bonchev–Trinajstić information content (AvgIpc) is 3.13. The van der Waals surface area contributed by atoms with Crippen LogP contribution >= 0.6 is 22.6 Å². The molecule has 0 saturated carbocycles. The number of rotatable bonds is 3. The highest BCUT2D eigenvalue weighted by Crippen LogP contribution is 2.39. The third kappa shape index (κ3) is 4.77. The van der Waals surface area contributed by atoms with E-state index in [9.17, 15) is 13.2 Å². The monoisotopic (exact) mass is 518 g/mol. The first-order valence-corrected chi connectivity index (χ1v) is 10.8. The number of fused-ring (bicyclic) bond motifs is 1. The molecular formula is C18H18F3IN6O. The number of halogens is 4. The number of hydrogen-bond donors (Lipinski definition) is 2. The van der Waals surface area contributed by atoms with E-state index < -0.39 is 11.7 Å². The molecule has 2 N–H and O–H groups in total. The molecule has 7 nitrogen and oxygen atoms in total. The molecule has 0 radical (unpaired) electrons. The third-order valence-electron chi connectivity index (χ3n) is 4.04. The smallest absolute Gasteiger partial charge is 0.417 e. The molecule has 1 aromatic carbocycles. The van der Waals surface area contributed by atoms with Crippen LogP contribution in [0.3, 0.4) is 0 Å². The zero-order chi connectivity index (χ0) is 21.0. The van der Waals surface area contributed by atoms with Crippen molar-refractivity contribution in [2.24, 2.45) is 0 Å². The number of aromatic nitrogens is 5. The van der Waals surface area contributed by atoms with Crippen molar-refractivity contribution in [1.29, 1.82) is 0 Å². The van der Waals surface area contributed by atoms with Gasteiger partial charge in [-0.1, -0.05) is 40.8 Å². The number of ether oxygens (including phenoxy) is 1. The van der Waals surface area contributed by atoms with E-state index in [1.54, 1.807) is 6.92 Å². The Bertz CT molecular complexity index is 992. The van der Waals surface area contributed by atoms with Crippen molar-refractivity contribution in [3.8, 4) is 17.1 Å². The number of aromatic amines is 1. The predicted octanol–water partition coefficient (Wildman–Crippen LogP) is 4.71. The largest absolute Gasteiger partial charge is 0.488 e. The fraction of sp³-hybridized carbons (Fsp3) is 0.333. The molecule has 0 aliphatic carbocycles. The predicted molar refractivity (Wildman–Crippen MR) is 111 cm³/mol. The van der Waals surface area contributed by atoms with E-state index in [2.05, 4.69) is 53.1 Å². The van der Waals surface area contributed by atoms with Crippen LogP contribution in [0.2, 0.25) is 0 Å². The summed E-state index contributed by atoms with van der Waals surface area (Å²) in [6.45, 7) is 2.21. The summed E-state index contributed by atoms with van der Waals surface area (Å²) in [5, 5.41) is 9.57. The second-order valence-electron chi connectivity index (χ2n) is 6.04. The molecule has 0 amide bonds. The Morgan fingerprint density at radius 1 is 1.14 bits per heavy atom. The topological polar surface area (TPSA) is 88.6 Å². The van der Waals surface area contributed by atoms with Crippen molar-refractivity contribution >= 4 is 34.4 Å². The molecule has 0 fully saturated rings. The first kappa shape index (κ1) is 21.3. The van der Waals surface area contributed by atoms with E-state index in [0.29, 0.717) is 30.3 Å². The van der Waals surface area contributed by atoms with Gasteiger partial charge in [-0.15, -0.1) is 5.10 Å². The summed E-state index contributed by atoms with van der Waals surface area (Å²) in [6, 6.07) is 5.23. The lowest BCUT2D eigenvalue weighted by atomic mass is 10.1. The fourth-order valence-electron chi connectivity index (χ4n) is 2.87. The van der Waals surface area contributed by atoms with Gasteiger partial charge in [-0.2, -0.15) is 18.2 Å². The van der Waals surface area contributed by atoms with Gasteiger partial charge in [0.2, 0.25) is 5.95 Å². The highest BCUT2D eigenvalue weighted by molar-refractivity contribution is 14.1. The maximum atomic E-state index is 13.4. The Hall–Kier alpha value is -2.44. The van der Waals surface area contributed by atoms with Gasteiger partial charge in [-0.05, 0) is 30.8 Å². The fourth-order valence-corrected chi connectivity index (χ4v) is 2.87. The van der Waals surface area contributed by atoms with Crippen LogP contribution in [0.5, 0.6) is 5.75 Å². The third-order valence-corrected chi connectivity index (χ3v) is 4.04. The quantitative estimate of drug-likeness (QED) is 0.386. The lowest BCUT2D eigenvalue weighted by Crippen LogP contribution is -2.15. The highest BCUT2D eigenvalue weighted by Gasteiger charge is 2.34. The number of hydrogen-bond acceptors (Lipinski definition) is 6. The van der Waals surface area contributed by atoms with Gasteiger partial charge in [0.15, 0.2) is 17.4 Å². The molecule has 4 rings (SSSR count). The summed E-state index contributed by atoms with van der Waals surface area (Å²) >= 11 is 2.15. The van der Waals surface area contributed by atoms with Gasteiger partial charge in [0, 0.05) is 5.56 Å². The first-order valence-electron chi connectivity index (χ1n) is 8.66. The number of benzene rings is 1. The maximum Gasteiger partial charge on any atom is 0.417 e. The van der Waals surface area contributed by atoms with E-state index in [4.69, 9.17) is 4.74 Å². The molecule has 3 aromatic rings. The number of anilines is 2. The highest BCUT2D eigenvalue weighted by atomic mass is 127. The molecule has 1 aliphatic heterocycles. The van der Waals surface area contributed by atoms with E-state index in [-0.39, 0.29) is 23.2 Å². The maximum absolute atomic E-state index is 13.4. The molecule has 0 atom stereocenters. The normalized spacial score (nSPS) is 13.0. The first-order chi connectivity index (χ1) is 13.9. The van der Waals surface area contributed by atoms with Crippen LogP contribution in [0.25, 0.3) is 11.4 Å². The SMILES string of the molecule is CI.Cc1nc(Nc2nc(-c3ccccc3C(F)(F)F)nc3c2OCCC3)n[nH]1. The van der Waals surface area contributed by atoms with Crippen LogP contribution in [0.15, 0.2) is 24.3 Å². The second-order valence-corrected chi connectivity index (χ2v) is 6.04. The molecule has 0 spiro atoms. The van der Waals surface area contributed by atoms with Crippen molar-refractivity contribution in [1.82, 2.24) is 25.1 Å². The minimum absolute atomic E-state index is 0.0260. The minimum atomic E-state index is -4.51. The summed E-state index contributed by atoms with van der Waals surface area (Å²) in [7, 11) is 0. The molecule has 3 heterocycles. The van der Waals surface area contributed by atoms with Crippen LogP contribution in [0, 0.1) is 6.92 Å². The summed E-state index contributed by atoms with van der Waals surface area (Å²) < 4.78 is 45.9. The Morgan fingerprint density at radius 3 is 2.59 bits per heavy atom. The minimum Gasteiger partial charge on any atom is -0.488 e. The molecule has 29 heavy (non-hydrogen) atoms. The molecule has 0 unspecified atom stereocenters. The van der Waals surface area contributed by atoms with Gasteiger partial charge in [0.05, 0.1) is 17.9 Å². The van der Waals surface area contributed by atoms with Crippen molar-refractivity contribution < 1.29 is 17.9 Å². The van der Waals surface area contributed by atoms with E-state index in [1.807, 2.05) is 4.93 Å². The van der Waals surface area contributed by atoms with Crippen LogP contribution in [0.4, 0.5) is 24.9 Å². The molecule has 11 heteroatoms. The summed E-state index contributed by atoms with van der Waals surface area (Å²) in [5.41, 5.74) is -0.327. The number of nitrogens with zero attached hydrogens (tertiary/aromatic N) is 4. The summed E-state index contributed by atoms with van der Waals surface area (Å²) in [4.78, 5) is 14.7. The van der Waals surface area contributed by atoms with Crippen molar-refractivity contribution in [3.05, 3.63) is 41.3 Å². The van der Waals surface area contributed by atoms with E-state index in [0.717, 1.165) is 12.5 Å². The van der Waals surface area contributed by atoms with Gasteiger partial charge in [-0.3, -0.25) is 5.10 Å². The summed E-state index contributed by atoms with van der Waals surface area (Å²) in [5.74, 6) is 1.46. The Kier molecular flexibility index (Phi) is 6.55. The van der Waals surface area contributed by atoms with Gasteiger partial charge in [0.1, 0.15) is 5.82 Å². The molecule has 0 saturated heterocycles. The lowest BCUT2D eigenvalue weighted by molar-refractivity contribution is -0.137. The Morgan fingerprint density at radius 2 is 1.90 bits per heavy atom. The van der Waals surface area contributed by atoms with Gasteiger partial charge < -0.3 is 10.1 Å². The van der Waals surface area contributed by atoms with Crippen LogP contribution in [-0.2, 0) is 12.6 Å². The average molecular weight is 518 g/mol.